The Morgan fingerprint density at radius 3 is 2.52 bits per heavy atom. The van der Waals surface area contributed by atoms with Crippen LogP contribution in [0.25, 0.3) is 6.08 Å². The molecule has 1 aromatic carbocycles. The average molecular weight is 291 g/mol. The number of nitrogens with one attached hydrogen (secondary N) is 1. The molecule has 0 bridgehead atoms. The summed E-state index contributed by atoms with van der Waals surface area (Å²) < 4.78 is 11.1. The van der Waals surface area contributed by atoms with Crippen molar-refractivity contribution in [1.82, 2.24) is 5.32 Å². The molecule has 0 aliphatic heterocycles. The predicted octanol–water partition coefficient (Wildman–Crippen LogP) is 4.28. The van der Waals surface area contributed by atoms with Gasteiger partial charge >= 0.3 is 0 Å². The maximum Gasteiger partial charge on any atom is 0.161 e. The molecule has 0 aliphatic rings. The number of hydrogen-bond donors (Lipinski definition) is 1. The Kier molecular flexibility index (Phi) is 6.76. The van der Waals surface area contributed by atoms with Crippen LogP contribution in [0.1, 0.15) is 46.6 Å². The Hall–Kier alpha value is -1.48. The summed E-state index contributed by atoms with van der Waals surface area (Å²) in [4.78, 5) is 0. The molecular formula is C18H29NO2. The van der Waals surface area contributed by atoms with Gasteiger partial charge < -0.3 is 14.8 Å². The van der Waals surface area contributed by atoms with E-state index >= 15 is 0 Å². The molecule has 0 saturated carbocycles. The van der Waals surface area contributed by atoms with Crippen LogP contribution in [0.5, 0.6) is 11.5 Å². The van der Waals surface area contributed by atoms with Crippen LogP contribution < -0.4 is 14.8 Å². The van der Waals surface area contributed by atoms with Crippen molar-refractivity contribution in [3.05, 3.63) is 29.3 Å². The normalized spacial score (nSPS) is 12.4. The third-order valence-corrected chi connectivity index (χ3v) is 2.96. The maximum absolute atomic E-state index is 5.74. The van der Waals surface area contributed by atoms with E-state index in [-0.39, 0.29) is 5.54 Å². The van der Waals surface area contributed by atoms with E-state index in [4.69, 9.17) is 9.47 Å². The minimum absolute atomic E-state index is 0.129. The molecule has 0 atom stereocenters. The second-order valence-electron chi connectivity index (χ2n) is 6.35. The fourth-order valence-electron chi connectivity index (χ4n) is 1.85. The number of rotatable bonds is 7. The highest BCUT2D eigenvalue weighted by molar-refractivity contribution is 5.58. The van der Waals surface area contributed by atoms with Gasteiger partial charge in [0, 0.05) is 12.1 Å². The van der Waals surface area contributed by atoms with E-state index in [0.717, 1.165) is 30.0 Å². The first-order valence-electron chi connectivity index (χ1n) is 7.58. The second kappa shape index (κ2) is 8.08. The number of benzene rings is 1. The maximum atomic E-state index is 5.74. The molecule has 0 unspecified atom stereocenters. The van der Waals surface area contributed by atoms with Crippen molar-refractivity contribution in [2.24, 2.45) is 0 Å². The monoisotopic (exact) mass is 291 g/mol. The zero-order valence-corrected chi connectivity index (χ0v) is 14.2. The fourth-order valence-corrected chi connectivity index (χ4v) is 1.85. The van der Waals surface area contributed by atoms with Gasteiger partial charge in [0.15, 0.2) is 11.5 Å². The van der Waals surface area contributed by atoms with Crippen molar-refractivity contribution in [2.45, 2.75) is 46.6 Å². The van der Waals surface area contributed by atoms with Gasteiger partial charge in [-0.25, -0.2) is 0 Å². The first-order valence-corrected chi connectivity index (χ1v) is 7.58. The Bertz CT molecular complexity index is 473. The van der Waals surface area contributed by atoms with E-state index < -0.39 is 0 Å². The largest absolute Gasteiger partial charge is 0.493 e. The molecular weight excluding hydrogens is 262 g/mol. The lowest BCUT2D eigenvalue weighted by atomic mass is 10.1. The van der Waals surface area contributed by atoms with E-state index in [1.165, 1.54) is 5.57 Å². The van der Waals surface area contributed by atoms with Gasteiger partial charge in [0.05, 0.1) is 13.7 Å². The lowest BCUT2D eigenvalue weighted by Gasteiger charge is -2.20. The molecule has 0 aromatic heterocycles. The van der Waals surface area contributed by atoms with Crippen molar-refractivity contribution < 1.29 is 9.47 Å². The first-order chi connectivity index (χ1) is 9.85. The van der Waals surface area contributed by atoms with E-state index in [0.29, 0.717) is 6.61 Å². The molecule has 1 N–H and O–H groups in total. The molecule has 1 aromatic rings. The Balaban J connectivity index is 2.82. The molecule has 3 heteroatoms. The Morgan fingerprint density at radius 1 is 1.24 bits per heavy atom. The zero-order valence-electron chi connectivity index (χ0n) is 14.2. The number of ether oxygens (including phenoxy) is 2. The third kappa shape index (κ3) is 6.67. The van der Waals surface area contributed by atoms with Crippen molar-refractivity contribution in [1.29, 1.82) is 0 Å². The molecule has 0 radical (unpaired) electrons. The topological polar surface area (TPSA) is 30.5 Å². The van der Waals surface area contributed by atoms with Gasteiger partial charge in [0.2, 0.25) is 0 Å². The average Bonchev–Trinajstić information content (AvgIpc) is 2.42. The van der Waals surface area contributed by atoms with Crippen LogP contribution in [0, 0.1) is 0 Å². The molecule has 0 amide bonds. The number of hydrogen-bond acceptors (Lipinski definition) is 3. The van der Waals surface area contributed by atoms with Crippen molar-refractivity contribution in [3.8, 4) is 11.5 Å². The molecule has 21 heavy (non-hydrogen) atoms. The van der Waals surface area contributed by atoms with Crippen LogP contribution in [0.15, 0.2) is 23.8 Å². The van der Waals surface area contributed by atoms with Gasteiger partial charge in [-0.2, -0.15) is 0 Å². The van der Waals surface area contributed by atoms with E-state index in [2.05, 4.69) is 52.1 Å². The minimum Gasteiger partial charge on any atom is -0.493 e. The van der Waals surface area contributed by atoms with E-state index in [1.807, 2.05) is 12.1 Å². The standard InChI is InChI=1S/C18H29NO2/c1-7-10-21-17-12-15(8-9-16(17)20-6)11-14(2)13-19-18(3,4)5/h8-9,11-12,19H,7,10,13H2,1-6H3. The fraction of sp³-hybridized carbons (Fsp3) is 0.556. The summed E-state index contributed by atoms with van der Waals surface area (Å²) in [7, 11) is 1.67. The first kappa shape index (κ1) is 17.6. The summed E-state index contributed by atoms with van der Waals surface area (Å²) in [6.45, 7) is 12.3. The van der Waals surface area contributed by atoms with Gasteiger partial charge in [-0.3, -0.25) is 0 Å². The van der Waals surface area contributed by atoms with Crippen LogP contribution in [0.4, 0.5) is 0 Å². The van der Waals surface area contributed by atoms with Gasteiger partial charge in [-0.1, -0.05) is 24.6 Å². The van der Waals surface area contributed by atoms with Gasteiger partial charge in [-0.05, 0) is 51.8 Å². The molecule has 0 heterocycles. The smallest absolute Gasteiger partial charge is 0.161 e. The predicted molar refractivity (Wildman–Crippen MR) is 90.2 cm³/mol. The van der Waals surface area contributed by atoms with Gasteiger partial charge in [0.1, 0.15) is 0 Å². The second-order valence-corrected chi connectivity index (χ2v) is 6.35. The van der Waals surface area contributed by atoms with Crippen LogP contribution in [-0.2, 0) is 0 Å². The Morgan fingerprint density at radius 2 is 1.95 bits per heavy atom. The molecule has 0 spiro atoms. The molecule has 0 aliphatic carbocycles. The molecule has 0 saturated heterocycles. The lowest BCUT2D eigenvalue weighted by molar-refractivity contribution is 0.294. The van der Waals surface area contributed by atoms with Gasteiger partial charge in [0.25, 0.3) is 0 Å². The Labute approximate surface area is 129 Å². The summed E-state index contributed by atoms with van der Waals surface area (Å²) >= 11 is 0. The summed E-state index contributed by atoms with van der Waals surface area (Å²) in [6, 6.07) is 6.05. The highest BCUT2D eigenvalue weighted by Gasteiger charge is 2.08. The number of methoxy groups -OCH3 is 1. The van der Waals surface area contributed by atoms with Crippen LogP contribution in [0.2, 0.25) is 0 Å². The molecule has 118 valence electrons. The van der Waals surface area contributed by atoms with Crippen LogP contribution in [0.3, 0.4) is 0 Å². The SMILES string of the molecule is CCCOc1cc(C=C(C)CNC(C)(C)C)ccc1OC. The zero-order chi connectivity index (χ0) is 15.9. The molecule has 3 nitrogen and oxygen atoms in total. The van der Waals surface area contributed by atoms with Crippen LogP contribution >= 0.6 is 0 Å². The summed E-state index contributed by atoms with van der Waals surface area (Å²) in [5.41, 5.74) is 2.55. The van der Waals surface area contributed by atoms with Crippen LogP contribution in [-0.4, -0.2) is 25.8 Å². The minimum atomic E-state index is 0.129. The van der Waals surface area contributed by atoms with Crippen molar-refractivity contribution >= 4 is 6.08 Å². The third-order valence-electron chi connectivity index (χ3n) is 2.96. The molecule has 0 fully saturated rings. The van der Waals surface area contributed by atoms with Crippen molar-refractivity contribution in [3.63, 3.8) is 0 Å². The van der Waals surface area contributed by atoms with Crippen molar-refractivity contribution in [2.75, 3.05) is 20.3 Å². The lowest BCUT2D eigenvalue weighted by Crippen LogP contribution is -2.36. The van der Waals surface area contributed by atoms with E-state index in [1.54, 1.807) is 7.11 Å². The summed E-state index contributed by atoms with van der Waals surface area (Å²) in [6.07, 6.45) is 3.16. The summed E-state index contributed by atoms with van der Waals surface area (Å²) in [5, 5.41) is 3.49. The summed E-state index contributed by atoms with van der Waals surface area (Å²) in [5.74, 6) is 1.59. The molecule has 1 rings (SSSR count). The quantitative estimate of drug-likeness (QED) is 0.813. The van der Waals surface area contributed by atoms with Gasteiger partial charge in [-0.15, -0.1) is 0 Å². The van der Waals surface area contributed by atoms with E-state index in [9.17, 15) is 0 Å². The highest BCUT2D eigenvalue weighted by Crippen LogP contribution is 2.29. The highest BCUT2D eigenvalue weighted by atomic mass is 16.5.